The van der Waals surface area contributed by atoms with Gasteiger partial charge in [0.15, 0.2) is 0 Å². The number of hydrogen-bond acceptors (Lipinski definition) is 4. The van der Waals surface area contributed by atoms with Crippen molar-refractivity contribution in [1.82, 2.24) is 10.3 Å². The van der Waals surface area contributed by atoms with Crippen LogP contribution in [0.3, 0.4) is 0 Å². The Hall–Kier alpha value is -1.59. The van der Waals surface area contributed by atoms with Gasteiger partial charge in [-0.15, -0.1) is 11.3 Å². The van der Waals surface area contributed by atoms with Crippen molar-refractivity contribution in [1.29, 1.82) is 0 Å². The molecule has 0 saturated carbocycles. The summed E-state index contributed by atoms with van der Waals surface area (Å²) in [6, 6.07) is 7.13. The molecule has 1 amide bonds. The zero-order valence-electron chi connectivity index (χ0n) is 11.9. The van der Waals surface area contributed by atoms with E-state index >= 15 is 0 Å². The fourth-order valence-electron chi connectivity index (χ4n) is 1.54. The minimum atomic E-state index is -0.141. The molecule has 0 fully saturated rings. The molecule has 21 heavy (non-hydrogen) atoms. The molecule has 0 spiro atoms. The van der Waals surface area contributed by atoms with Crippen LogP contribution >= 0.6 is 22.9 Å². The Morgan fingerprint density at radius 2 is 2.10 bits per heavy atom. The number of hydrogen-bond donors (Lipinski definition) is 1. The lowest BCUT2D eigenvalue weighted by Gasteiger charge is -2.05. The Morgan fingerprint density at radius 1 is 1.38 bits per heavy atom. The summed E-state index contributed by atoms with van der Waals surface area (Å²) in [6.45, 7) is 5.08. The molecule has 1 heterocycles. The standard InChI is InChI=1S/C15H17ClN2O2S/c1-10(2)7-17-15(19)13-9-21-14(18-13)8-20-12-5-3-11(16)4-6-12/h3-6,9-10H,7-8H2,1-2H3,(H,17,19). The zero-order valence-corrected chi connectivity index (χ0v) is 13.5. The lowest BCUT2D eigenvalue weighted by Crippen LogP contribution is -2.27. The summed E-state index contributed by atoms with van der Waals surface area (Å²) in [5.41, 5.74) is 0.440. The highest BCUT2D eigenvalue weighted by Gasteiger charge is 2.11. The van der Waals surface area contributed by atoms with E-state index in [1.807, 2.05) is 13.8 Å². The van der Waals surface area contributed by atoms with Crippen LogP contribution in [-0.2, 0) is 6.61 Å². The van der Waals surface area contributed by atoms with Gasteiger partial charge >= 0.3 is 0 Å². The van der Waals surface area contributed by atoms with Crippen molar-refractivity contribution in [2.75, 3.05) is 6.54 Å². The van der Waals surface area contributed by atoms with E-state index in [2.05, 4.69) is 10.3 Å². The van der Waals surface area contributed by atoms with Gasteiger partial charge in [-0.3, -0.25) is 4.79 Å². The molecule has 0 radical (unpaired) electrons. The first-order chi connectivity index (χ1) is 10.0. The van der Waals surface area contributed by atoms with Gasteiger partial charge in [0.05, 0.1) is 0 Å². The summed E-state index contributed by atoms with van der Waals surface area (Å²) in [4.78, 5) is 16.1. The molecule has 0 aliphatic carbocycles. The summed E-state index contributed by atoms with van der Waals surface area (Å²) in [5, 5.41) is 6.02. The van der Waals surface area contributed by atoms with Crippen molar-refractivity contribution >= 4 is 28.8 Å². The molecule has 2 rings (SSSR count). The number of halogens is 1. The maximum Gasteiger partial charge on any atom is 0.270 e. The van der Waals surface area contributed by atoms with Crippen molar-refractivity contribution < 1.29 is 9.53 Å². The number of aromatic nitrogens is 1. The van der Waals surface area contributed by atoms with Crippen LogP contribution in [0.1, 0.15) is 29.3 Å². The highest BCUT2D eigenvalue weighted by atomic mass is 35.5. The van der Waals surface area contributed by atoms with Gasteiger partial charge < -0.3 is 10.1 Å². The predicted molar refractivity (Wildman–Crippen MR) is 85.1 cm³/mol. The molecule has 4 nitrogen and oxygen atoms in total. The van der Waals surface area contributed by atoms with Gasteiger partial charge in [0.2, 0.25) is 0 Å². The molecule has 2 aromatic rings. The van der Waals surface area contributed by atoms with Gasteiger partial charge in [-0.25, -0.2) is 4.98 Å². The summed E-state index contributed by atoms with van der Waals surface area (Å²) >= 11 is 7.22. The molecule has 0 atom stereocenters. The highest BCUT2D eigenvalue weighted by Crippen LogP contribution is 2.18. The predicted octanol–water partition coefficient (Wildman–Crippen LogP) is 3.76. The van der Waals surface area contributed by atoms with Gasteiger partial charge in [-0.2, -0.15) is 0 Å². The summed E-state index contributed by atoms with van der Waals surface area (Å²) in [5.74, 6) is 0.999. The molecule has 1 N–H and O–H groups in total. The van der Waals surface area contributed by atoms with E-state index in [9.17, 15) is 4.79 Å². The molecule has 0 unspecified atom stereocenters. The summed E-state index contributed by atoms with van der Waals surface area (Å²) in [7, 11) is 0. The Bertz CT molecular complexity index is 596. The minimum absolute atomic E-state index is 0.141. The lowest BCUT2D eigenvalue weighted by molar-refractivity contribution is 0.0944. The lowest BCUT2D eigenvalue weighted by atomic mass is 10.2. The van der Waals surface area contributed by atoms with E-state index in [-0.39, 0.29) is 5.91 Å². The average Bonchev–Trinajstić information content (AvgIpc) is 2.93. The third-order valence-electron chi connectivity index (χ3n) is 2.63. The van der Waals surface area contributed by atoms with Crippen LogP contribution in [0.5, 0.6) is 5.75 Å². The fourth-order valence-corrected chi connectivity index (χ4v) is 2.36. The monoisotopic (exact) mass is 324 g/mol. The number of benzene rings is 1. The number of amides is 1. The molecule has 1 aromatic carbocycles. The van der Waals surface area contributed by atoms with Gasteiger partial charge in [0.1, 0.15) is 23.1 Å². The van der Waals surface area contributed by atoms with Crippen LogP contribution < -0.4 is 10.1 Å². The average molecular weight is 325 g/mol. The molecule has 0 saturated heterocycles. The van der Waals surface area contributed by atoms with E-state index in [0.29, 0.717) is 29.8 Å². The van der Waals surface area contributed by atoms with E-state index in [1.54, 1.807) is 29.6 Å². The van der Waals surface area contributed by atoms with Crippen molar-refractivity contribution in [3.63, 3.8) is 0 Å². The van der Waals surface area contributed by atoms with Gasteiger partial charge in [-0.05, 0) is 30.2 Å². The van der Waals surface area contributed by atoms with Crippen molar-refractivity contribution in [2.45, 2.75) is 20.5 Å². The van der Waals surface area contributed by atoms with Crippen molar-refractivity contribution in [2.24, 2.45) is 5.92 Å². The van der Waals surface area contributed by atoms with Gasteiger partial charge in [0, 0.05) is 16.9 Å². The largest absolute Gasteiger partial charge is 0.486 e. The maximum absolute atomic E-state index is 11.9. The van der Waals surface area contributed by atoms with E-state index < -0.39 is 0 Å². The van der Waals surface area contributed by atoms with Crippen molar-refractivity contribution in [3.05, 3.63) is 45.4 Å². The Labute approximate surface area is 133 Å². The molecule has 1 aromatic heterocycles. The van der Waals surface area contributed by atoms with Gasteiger partial charge in [0.25, 0.3) is 5.91 Å². The second-order valence-electron chi connectivity index (χ2n) is 4.97. The number of carbonyl (C=O) groups excluding carboxylic acids is 1. The van der Waals surface area contributed by atoms with Crippen LogP contribution in [-0.4, -0.2) is 17.4 Å². The van der Waals surface area contributed by atoms with Crippen LogP contribution in [0.25, 0.3) is 0 Å². The van der Waals surface area contributed by atoms with E-state index in [0.717, 1.165) is 10.8 Å². The van der Waals surface area contributed by atoms with E-state index in [1.165, 1.54) is 11.3 Å². The molecule has 6 heteroatoms. The number of rotatable bonds is 6. The number of ether oxygens (including phenoxy) is 1. The molecule has 0 aliphatic rings. The van der Waals surface area contributed by atoms with Gasteiger partial charge in [-0.1, -0.05) is 25.4 Å². The zero-order chi connectivity index (χ0) is 15.2. The first-order valence-corrected chi connectivity index (χ1v) is 7.91. The SMILES string of the molecule is CC(C)CNC(=O)c1csc(COc2ccc(Cl)cc2)n1. The number of thiazole rings is 1. The molecule has 112 valence electrons. The summed E-state index contributed by atoms with van der Waals surface area (Å²) in [6.07, 6.45) is 0. The second kappa shape index (κ2) is 7.43. The summed E-state index contributed by atoms with van der Waals surface area (Å²) < 4.78 is 5.60. The molecular formula is C15H17ClN2O2S. The number of carbonyl (C=O) groups is 1. The smallest absolute Gasteiger partial charge is 0.270 e. The normalized spacial score (nSPS) is 10.7. The third kappa shape index (κ3) is 5.02. The molecule has 0 aliphatic heterocycles. The first kappa shape index (κ1) is 15.8. The minimum Gasteiger partial charge on any atom is -0.486 e. The number of nitrogens with zero attached hydrogens (tertiary/aromatic N) is 1. The Kier molecular flexibility index (Phi) is 5.59. The van der Waals surface area contributed by atoms with Crippen LogP contribution in [0.2, 0.25) is 5.02 Å². The molecular weight excluding hydrogens is 308 g/mol. The van der Waals surface area contributed by atoms with Crippen molar-refractivity contribution in [3.8, 4) is 5.75 Å². The third-order valence-corrected chi connectivity index (χ3v) is 3.71. The Morgan fingerprint density at radius 3 is 2.76 bits per heavy atom. The van der Waals surface area contributed by atoms with Crippen LogP contribution in [0.15, 0.2) is 29.6 Å². The maximum atomic E-state index is 11.9. The highest BCUT2D eigenvalue weighted by molar-refractivity contribution is 7.09. The Balaban J connectivity index is 1.88. The quantitative estimate of drug-likeness (QED) is 0.880. The number of nitrogens with one attached hydrogen (secondary N) is 1. The second-order valence-corrected chi connectivity index (χ2v) is 6.35. The fraction of sp³-hybridized carbons (Fsp3) is 0.333. The van der Waals surface area contributed by atoms with Crippen LogP contribution in [0, 0.1) is 5.92 Å². The van der Waals surface area contributed by atoms with E-state index in [4.69, 9.17) is 16.3 Å². The van der Waals surface area contributed by atoms with Crippen LogP contribution in [0.4, 0.5) is 0 Å². The topological polar surface area (TPSA) is 51.2 Å². The molecule has 0 bridgehead atoms. The first-order valence-electron chi connectivity index (χ1n) is 6.65.